The van der Waals surface area contributed by atoms with Crippen molar-refractivity contribution >= 4 is 40.5 Å². The molecule has 2 aromatic carbocycles. The van der Waals surface area contributed by atoms with E-state index < -0.39 is 47.2 Å². The zero-order chi connectivity index (χ0) is 53.0. The Hall–Kier alpha value is -6.32. The first-order valence-corrected chi connectivity index (χ1v) is 26.2. The number of nitrogens with one attached hydrogen (secondary N) is 2. The van der Waals surface area contributed by atoms with Gasteiger partial charge in [-0.3, -0.25) is 38.9 Å². The van der Waals surface area contributed by atoms with Crippen LogP contribution in [0.4, 0.5) is 0 Å². The molecule has 0 spiro atoms. The smallest absolute Gasteiger partial charge is 0.324 e. The van der Waals surface area contributed by atoms with Gasteiger partial charge in [-0.2, -0.15) is 0 Å². The van der Waals surface area contributed by atoms with Crippen molar-refractivity contribution in [2.45, 2.75) is 124 Å². The van der Waals surface area contributed by atoms with Gasteiger partial charge in [0.2, 0.25) is 11.8 Å². The van der Waals surface area contributed by atoms with Gasteiger partial charge in [0.05, 0.1) is 50.3 Å². The van der Waals surface area contributed by atoms with Gasteiger partial charge in [0.1, 0.15) is 23.9 Å². The third-order valence-electron chi connectivity index (χ3n) is 15.1. The van der Waals surface area contributed by atoms with Crippen molar-refractivity contribution in [2.24, 2.45) is 17.3 Å². The average molecular weight is 1020 g/mol. The number of nitrogens with zero attached hydrogens (tertiary/aromatic N) is 6. The minimum atomic E-state index is -1.18. The topological polar surface area (TPSA) is 188 Å². The number of benzene rings is 2. The van der Waals surface area contributed by atoms with E-state index in [1.165, 1.54) is 9.91 Å². The molecule has 17 heteroatoms. The minimum absolute atomic E-state index is 0.0158. The van der Waals surface area contributed by atoms with Crippen molar-refractivity contribution < 1.29 is 43.3 Å². The number of fused-ring (bicyclic) bond motifs is 6. The van der Waals surface area contributed by atoms with Gasteiger partial charge in [-0.15, -0.1) is 0 Å². The maximum Gasteiger partial charge on any atom is 0.324 e. The predicted octanol–water partition coefficient (Wildman–Crippen LogP) is 5.33. The number of carbonyl (C=O) groups is 5. The first kappa shape index (κ1) is 54.0. The number of phenolic OH excluding ortho intramolecular Hbond substituents is 1. The summed E-state index contributed by atoms with van der Waals surface area (Å²) in [5.74, 6) is 2.75. The van der Waals surface area contributed by atoms with Crippen molar-refractivity contribution in [1.29, 1.82) is 0 Å². The number of hydrazine groups is 1. The lowest BCUT2D eigenvalue weighted by molar-refractivity contribution is -0.155. The van der Waals surface area contributed by atoms with Gasteiger partial charge in [-0.05, 0) is 117 Å². The quantitative estimate of drug-likeness (QED) is 0.137. The summed E-state index contributed by atoms with van der Waals surface area (Å²) in [5.41, 5.74) is 9.52. The number of rotatable bonds is 10. The van der Waals surface area contributed by atoms with Crippen LogP contribution in [0.25, 0.3) is 33.3 Å². The molecule has 3 saturated heterocycles. The summed E-state index contributed by atoms with van der Waals surface area (Å²) in [5, 5.41) is 16.8. The number of hydrogen-bond donors (Lipinski definition) is 3. The molecule has 6 atom stereocenters. The second-order valence-corrected chi connectivity index (χ2v) is 21.7. The number of aryl methyl sites for hydroxylation is 1. The van der Waals surface area contributed by atoms with Crippen LogP contribution < -0.4 is 10.7 Å². The van der Waals surface area contributed by atoms with E-state index in [0.29, 0.717) is 76.3 Å². The standard InChI is InChI=1S/C57H74N8O9/c1-10-63-49-18-17-39-28-44(49)45(52(63)43-14-11-20-58-48(43)33-72-9)29-57(6,7)34-74-56(71)46-15-12-22-65(60-46)55(70)47(26-38-24-41(39)27-42(66)25-38)59-53(68)51(35(2)3)61(8)54(69)40-19-23-62(30-40)50(67)16-13-21-64-36(4)31-73-32-37(64)5/h11,14,17-18,20,24-25,27-28,35-37,40,46-47,51,60,66H,10,12,15,19,21-23,26,29-34H2,1-9H3,(H,59,68)/t36-,37+,40-,46-,47-,51?/m0/s1. The molecule has 74 heavy (non-hydrogen) atoms. The van der Waals surface area contributed by atoms with Crippen LogP contribution in [0.2, 0.25) is 0 Å². The van der Waals surface area contributed by atoms with Gasteiger partial charge in [-0.1, -0.05) is 45.7 Å². The zero-order valence-electron chi connectivity index (χ0n) is 44.5. The van der Waals surface area contributed by atoms with Crippen LogP contribution in [-0.4, -0.2) is 154 Å². The van der Waals surface area contributed by atoms with Gasteiger partial charge in [-0.25, -0.2) is 5.43 Å². The van der Waals surface area contributed by atoms with Crippen LogP contribution in [0.3, 0.4) is 0 Å². The Balaban J connectivity index is 1.09. The first-order valence-electron chi connectivity index (χ1n) is 26.2. The molecule has 17 nitrogen and oxygen atoms in total. The number of methoxy groups -OCH3 is 1. The van der Waals surface area contributed by atoms with Crippen molar-refractivity contribution in [3.63, 3.8) is 0 Å². The number of likely N-dealkylation sites (tertiary alicyclic amines) is 1. The molecular weight excluding hydrogens is 941 g/mol. The SMILES string of the molecule is CCn1c(-c2cccnc2COC)c2c3cc(ccc31)-c1cc(O)cc(c1)C[C@H](NC(=O)C(C(C)C)N(C)C(=O)[C@H]1CCN(C(=O)C#CCN3[C@H](C)COC[C@@H]3C)C1)C(=O)N1CCC[C@H](N1)C(=O)OCC(C)(C)C2. The lowest BCUT2D eigenvalue weighted by Crippen LogP contribution is -2.62. The van der Waals surface area contributed by atoms with Crippen molar-refractivity contribution in [3.8, 4) is 40.0 Å². The van der Waals surface area contributed by atoms with Gasteiger partial charge < -0.3 is 39.0 Å². The Bertz CT molecular complexity index is 2800. The summed E-state index contributed by atoms with van der Waals surface area (Å²) < 4.78 is 19.6. The number of amides is 4. The van der Waals surface area contributed by atoms with E-state index in [1.807, 2.05) is 32.0 Å². The molecule has 3 fully saturated rings. The average Bonchev–Trinajstić information content (AvgIpc) is 3.99. The monoisotopic (exact) mass is 1010 g/mol. The third-order valence-corrected chi connectivity index (χ3v) is 15.1. The number of ether oxygens (including phenoxy) is 3. The molecule has 0 aliphatic carbocycles. The van der Waals surface area contributed by atoms with Gasteiger partial charge >= 0.3 is 5.97 Å². The molecule has 6 heterocycles. The molecule has 3 N–H and O–H groups in total. The van der Waals surface area contributed by atoms with E-state index in [1.54, 1.807) is 37.4 Å². The van der Waals surface area contributed by atoms with Crippen molar-refractivity contribution in [3.05, 3.63) is 71.5 Å². The summed E-state index contributed by atoms with van der Waals surface area (Å²) >= 11 is 0. The summed E-state index contributed by atoms with van der Waals surface area (Å²) in [4.78, 5) is 81.0. The van der Waals surface area contributed by atoms with E-state index in [9.17, 15) is 29.1 Å². The summed E-state index contributed by atoms with van der Waals surface area (Å²) in [6, 6.07) is 12.8. The lowest BCUT2D eigenvalue weighted by atomic mass is 9.84. The molecule has 4 amide bonds. The number of pyridine rings is 1. The molecular formula is C57H74N8O9. The molecule has 396 valence electrons. The van der Waals surface area contributed by atoms with E-state index >= 15 is 0 Å². The fourth-order valence-electron chi connectivity index (χ4n) is 11.3. The molecule has 4 aliphatic heterocycles. The Morgan fingerprint density at radius 1 is 1.04 bits per heavy atom. The number of cyclic esters (lactones) is 1. The second kappa shape index (κ2) is 23.1. The summed E-state index contributed by atoms with van der Waals surface area (Å²) in [6.45, 7) is 17.6. The molecule has 1 unspecified atom stereocenters. The molecule has 4 aliphatic rings. The zero-order valence-corrected chi connectivity index (χ0v) is 44.5. The largest absolute Gasteiger partial charge is 0.508 e. The molecule has 6 bridgehead atoms. The van der Waals surface area contributed by atoms with Gasteiger partial charge in [0, 0.05) is 86.9 Å². The Morgan fingerprint density at radius 3 is 2.54 bits per heavy atom. The molecule has 0 radical (unpaired) electrons. The maximum atomic E-state index is 14.8. The van der Waals surface area contributed by atoms with Crippen molar-refractivity contribution in [2.75, 3.05) is 60.2 Å². The number of carbonyl (C=O) groups excluding carboxylic acids is 5. The Morgan fingerprint density at radius 2 is 1.81 bits per heavy atom. The molecule has 2 aromatic heterocycles. The Labute approximate surface area is 435 Å². The highest BCUT2D eigenvalue weighted by atomic mass is 16.5. The predicted molar refractivity (Wildman–Crippen MR) is 281 cm³/mol. The van der Waals surface area contributed by atoms with Gasteiger partial charge in [0.15, 0.2) is 0 Å². The molecule has 4 aromatic rings. The fraction of sp³-hybridized carbons (Fsp3) is 0.544. The number of aromatic nitrogens is 2. The number of esters is 1. The van der Waals surface area contributed by atoms with Crippen LogP contribution >= 0.6 is 0 Å². The Kier molecular flexibility index (Phi) is 16.8. The highest BCUT2D eigenvalue weighted by Crippen LogP contribution is 2.41. The normalized spacial score (nSPS) is 22.9. The second-order valence-electron chi connectivity index (χ2n) is 21.7. The maximum absolute atomic E-state index is 14.8. The highest BCUT2D eigenvalue weighted by Gasteiger charge is 2.40. The van der Waals surface area contributed by atoms with Crippen LogP contribution in [0.5, 0.6) is 5.75 Å². The molecule has 0 saturated carbocycles. The summed E-state index contributed by atoms with van der Waals surface area (Å²) in [7, 11) is 3.24. The summed E-state index contributed by atoms with van der Waals surface area (Å²) in [6.07, 6.45) is 3.64. The number of morpholine rings is 1. The van der Waals surface area contributed by atoms with E-state index in [2.05, 4.69) is 84.9 Å². The number of hydrogen-bond acceptors (Lipinski definition) is 12. The number of phenols is 1. The van der Waals surface area contributed by atoms with E-state index in [0.717, 1.165) is 39.0 Å². The van der Waals surface area contributed by atoms with Crippen LogP contribution in [0.15, 0.2) is 54.7 Å². The number of aromatic hydroxyl groups is 1. The third kappa shape index (κ3) is 11.8. The fourth-order valence-corrected chi connectivity index (χ4v) is 11.3. The van der Waals surface area contributed by atoms with Crippen molar-refractivity contribution in [1.82, 2.24) is 40.0 Å². The van der Waals surface area contributed by atoms with Gasteiger partial charge in [0.25, 0.3) is 11.8 Å². The van der Waals surface area contributed by atoms with E-state index in [-0.39, 0.29) is 61.7 Å². The minimum Gasteiger partial charge on any atom is -0.508 e. The van der Waals surface area contributed by atoms with E-state index in [4.69, 9.17) is 19.2 Å². The molecule has 8 rings (SSSR count). The van der Waals surface area contributed by atoms with Crippen LogP contribution in [0.1, 0.15) is 84.5 Å². The van der Waals surface area contributed by atoms with Crippen LogP contribution in [-0.2, 0) is 64.2 Å². The number of likely N-dealkylation sites (N-methyl/N-ethyl adjacent to an activating group) is 1. The van der Waals surface area contributed by atoms with Crippen LogP contribution in [0, 0.1) is 29.1 Å². The first-order chi connectivity index (χ1) is 35.4. The highest BCUT2D eigenvalue weighted by molar-refractivity contribution is 5.97. The lowest BCUT2D eigenvalue weighted by Gasteiger charge is -2.37.